The molecule has 0 aliphatic carbocycles. The van der Waals surface area contributed by atoms with Gasteiger partial charge in [-0.05, 0) is 37.6 Å². The van der Waals surface area contributed by atoms with E-state index in [2.05, 4.69) is 5.32 Å². The lowest BCUT2D eigenvalue weighted by Gasteiger charge is -2.20. The van der Waals surface area contributed by atoms with Crippen molar-refractivity contribution in [3.8, 4) is 0 Å². The molecule has 0 aliphatic heterocycles. The fourth-order valence-corrected chi connectivity index (χ4v) is 2.38. The van der Waals surface area contributed by atoms with Crippen molar-refractivity contribution in [3.63, 3.8) is 0 Å². The molecule has 0 aromatic heterocycles. The lowest BCUT2D eigenvalue weighted by atomic mass is 9.96. The van der Waals surface area contributed by atoms with Crippen molar-refractivity contribution >= 4 is 0 Å². The number of aryl methyl sites for hydroxylation is 1. The second kappa shape index (κ2) is 6.76. The van der Waals surface area contributed by atoms with Crippen LogP contribution in [0.3, 0.4) is 0 Å². The van der Waals surface area contributed by atoms with Gasteiger partial charge in [0, 0.05) is 17.7 Å². The van der Waals surface area contributed by atoms with Crippen molar-refractivity contribution in [3.05, 3.63) is 70.5 Å². The predicted molar refractivity (Wildman–Crippen MR) is 77.6 cm³/mol. The molecule has 2 rings (SSSR count). The second-order valence-corrected chi connectivity index (χ2v) is 5.08. The van der Waals surface area contributed by atoms with E-state index in [0.717, 1.165) is 11.6 Å². The minimum absolute atomic E-state index is 0.264. The first kappa shape index (κ1) is 15.6. The third kappa shape index (κ3) is 3.85. The van der Waals surface area contributed by atoms with Crippen LogP contribution in [0, 0.1) is 24.4 Å². The van der Waals surface area contributed by atoms with Crippen molar-refractivity contribution in [2.75, 3.05) is 6.54 Å². The average Bonchev–Trinajstić information content (AvgIpc) is 2.44. The van der Waals surface area contributed by atoms with Crippen LogP contribution in [0.5, 0.6) is 0 Å². The summed E-state index contributed by atoms with van der Waals surface area (Å²) < 4.78 is 40.8. The van der Waals surface area contributed by atoms with Gasteiger partial charge in [-0.3, -0.25) is 0 Å². The number of nitrogens with one attached hydrogen (secondary N) is 1. The highest BCUT2D eigenvalue weighted by molar-refractivity contribution is 5.29. The molecule has 0 amide bonds. The van der Waals surface area contributed by atoms with E-state index in [9.17, 15) is 13.2 Å². The normalized spacial score (nSPS) is 12.4. The van der Waals surface area contributed by atoms with Crippen molar-refractivity contribution in [1.29, 1.82) is 0 Å². The molecular formula is C17H18F3N. The fourth-order valence-electron chi connectivity index (χ4n) is 2.38. The molecule has 0 heterocycles. The van der Waals surface area contributed by atoms with E-state index >= 15 is 0 Å². The van der Waals surface area contributed by atoms with Gasteiger partial charge in [-0.15, -0.1) is 0 Å². The van der Waals surface area contributed by atoms with Gasteiger partial charge in [-0.2, -0.15) is 0 Å². The summed E-state index contributed by atoms with van der Waals surface area (Å²) in [7, 11) is 0. The molecule has 0 spiro atoms. The van der Waals surface area contributed by atoms with Crippen molar-refractivity contribution in [1.82, 2.24) is 5.32 Å². The molecule has 0 radical (unpaired) electrons. The number of rotatable bonds is 5. The number of hydrogen-bond acceptors (Lipinski definition) is 1. The zero-order valence-electron chi connectivity index (χ0n) is 12.1. The standard InChI is InChI=1S/C17H18F3N/c1-3-21-17(14-8-11(2)4-7-15(14)19)9-12-5-6-13(18)10-16(12)20/h4-8,10,17,21H,3,9H2,1-2H3. The molecule has 4 heteroatoms. The maximum atomic E-state index is 14.0. The SMILES string of the molecule is CCNC(Cc1ccc(F)cc1F)c1cc(C)ccc1F. The Kier molecular flexibility index (Phi) is 5.02. The maximum absolute atomic E-state index is 14.0. The molecule has 2 aromatic rings. The summed E-state index contributed by atoms with van der Waals surface area (Å²) in [6, 6.07) is 7.98. The topological polar surface area (TPSA) is 12.0 Å². The number of likely N-dealkylation sites (N-methyl/N-ethyl adjacent to an activating group) is 1. The monoisotopic (exact) mass is 293 g/mol. The summed E-state index contributed by atoms with van der Waals surface area (Å²) in [6.07, 6.45) is 0.264. The Bertz CT molecular complexity index is 625. The summed E-state index contributed by atoms with van der Waals surface area (Å²) in [5, 5.41) is 3.16. The van der Waals surface area contributed by atoms with Crippen molar-refractivity contribution in [2.24, 2.45) is 0 Å². The number of halogens is 3. The Hall–Kier alpha value is -1.81. The number of benzene rings is 2. The Morgan fingerprint density at radius 3 is 2.43 bits per heavy atom. The number of hydrogen-bond donors (Lipinski definition) is 1. The lowest BCUT2D eigenvalue weighted by molar-refractivity contribution is 0.495. The molecule has 0 aliphatic rings. The first-order valence-corrected chi connectivity index (χ1v) is 6.94. The van der Waals surface area contributed by atoms with Crippen LogP contribution >= 0.6 is 0 Å². The van der Waals surface area contributed by atoms with Crippen molar-refractivity contribution in [2.45, 2.75) is 26.3 Å². The van der Waals surface area contributed by atoms with Gasteiger partial charge in [0.1, 0.15) is 17.5 Å². The highest BCUT2D eigenvalue weighted by Gasteiger charge is 2.17. The van der Waals surface area contributed by atoms with Crippen LogP contribution in [0.4, 0.5) is 13.2 Å². The molecule has 1 N–H and O–H groups in total. The molecule has 1 unspecified atom stereocenters. The zero-order valence-corrected chi connectivity index (χ0v) is 12.1. The van der Waals surface area contributed by atoms with E-state index in [1.54, 1.807) is 12.1 Å². The maximum Gasteiger partial charge on any atom is 0.129 e. The minimum atomic E-state index is -0.613. The molecule has 112 valence electrons. The van der Waals surface area contributed by atoms with Gasteiger partial charge < -0.3 is 5.32 Å². The summed E-state index contributed by atoms with van der Waals surface area (Å²) in [4.78, 5) is 0. The van der Waals surface area contributed by atoms with Crippen LogP contribution in [0.2, 0.25) is 0 Å². The third-order valence-electron chi connectivity index (χ3n) is 3.42. The average molecular weight is 293 g/mol. The molecule has 0 bridgehead atoms. The van der Waals surface area contributed by atoms with Gasteiger partial charge >= 0.3 is 0 Å². The molecule has 0 saturated carbocycles. The summed E-state index contributed by atoms with van der Waals surface area (Å²) in [5.74, 6) is -1.54. The lowest BCUT2D eigenvalue weighted by Crippen LogP contribution is -2.24. The summed E-state index contributed by atoms with van der Waals surface area (Å²) >= 11 is 0. The predicted octanol–water partition coefficient (Wildman–Crippen LogP) is 4.31. The van der Waals surface area contributed by atoms with Crippen molar-refractivity contribution < 1.29 is 13.2 Å². The van der Waals surface area contributed by atoms with E-state index in [-0.39, 0.29) is 18.3 Å². The Morgan fingerprint density at radius 2 is 1.76 bits per heavy atom. The highest BCUT2D eigenvalue weighted by atomic mass is 19.1. The minimum Gasteiger partial charge on any atom is -0.310 e. The highest BCUT2D eigenvalue weighted by Crippen LogP contribution is 2.24. The zero-order chi connectivity index (χ0) is 15.4. The molecule has 0 fully saturated rings. The second-order valence-electron chi connectivity index (χ2n) is 5.08. The van der Waals surface area contributed by atoms with Gasteiger partial charge in [-0.25, -0.2) is 13.2 Å². The third-order valence-corrected chi connectivity index (χ3v) is 3.42. The molecule has 1 nitrogen and oxygen atoms in total. The van der Waals surface area contributed by atoms with Crippen LogP contribution < -0.4 is 5.32 Å². The Morgan fingerprint density at radius 1 is 1.00 bits per heavy atom. The fraction of sp³-hybridized carbons (Fsp3) is 0.294. The van der Waals surface area contributed by atoms with Crippen LogP contribution in [0.25, 0.3) is 0 Å². The molecule has 1 atom stereocenters. The van der Waals surface area contributed by atoms with Gasteiger partial charge in [-0.1, -0.05) is 30.7 Å². The van der Waals surface area contributed by atoms with E-state index in [1.807, 2.05) is 13.8 Å². The quantitative estimate of drug-likeness (QED) is 0.866. The van der Waals surface area contributed by atoms with Crippen LogP contribution in [-0.4, -0.2) is 6.54 Å². The summed E-state index contributed by atoms with van der Waals surface area (Å²) in [5.41, 5.74) is 1.80. The van der Waals surface area contributed by atoms with Crippen LogP contribution in [0.1, 0.15) is 29.7 Å². The molecule has 2 aromatic carbocycles. The first-order chi connectivity index (χ1) is 10.0. The molecule has 21 heavy (non-hydrogen) atoms. The van der Waals surface area contributed by atoms with E-state index in [0.29, 0.717) is 17.7 Å². The van der Waals surface area contributed by atoms with Crippen LogP contribution in [-0.2, 0) is 6.42 Å². The summed E-state index contributed by atoms with van der Waals surface area (Å²) in [6.45, 7) is 4.41. The molecule has 0 saturated heterocycles. The van der Waals surface area contributed by atoms with Gasteiger partial charge in [0.2, 0.25) is 0 Å². The van der Waals surface area contributed by atoms with Gasteiger partial charge in [0.05, 0.1) is 0 Å². The van der Waals surface area contributed by atoms with Crippen LogP contribution in [0.15, 0.2) is 36.4 Å². The van der Waals surface area contributed by atoms with E-state index in [4.69, 9.17) is 0 Å². The Balaban J connectivity index is 2.32. The van der Waals surface area contributed by atoms with E-state index in [1.165, 1.54) is 18.2 Å². The Labute approximate surface area is 122 Å². The largest absolute Gasteiger partial charge is 0.310 e. The smallest absolute Gasteiger partial charge is 0.129 e. The van der Waals surface area contributed by atoms with Gasteiger partial charge in [0.15, 0.2) is 0 Å². The first-order valence-electron chi connectivity index (χ1n) is 6.94. The van der Waals surface area contributed by atoms with Gasteiger partial charge in [0.25, 0.3) is 0 Å². The molecular weight excluding hydrogens is 275 g/mol. The van der Waals surface area contributed by atoms with E-state index < -0.39 is 11.6 Å².